The summed E-state index contributed by atoms with van der Waals surface area (Å²) in [5.74, 6) is -5.83. The summed E-state index contributed by atoms with van der Waals surface area (Å²) < 4.78 is 43.6. The van der Waals surface area contributed by atoms with Crippen LogP contribution in [0.4, 0.5) is 13.2 Å². The standard InChI is InChI=1S/C25H32F3N3O6/c1-13(2)18(20(32)25(26,27)28)29-22(34)17-7-6-12-31(17)23(35)19(14(3)4)30-21(33)15-8-10-16(11-9-15)24(36)37-5/h8-11,13-14,17-19H,6-7,12H2,1-5H3,(H,29,34)(H,30,33)/t17-,18?,19-/m0/s1. The summed E-state index contributed by atoms with van der Waals surface area (Å²) in [5.41, 5.74) is 0.428. The van der Waals surface area contributed by atoms with E-state index in [0.717, 1.165) is 0 Å². The Bertz CT molecular complexity index is 1020. The van der Waals surface area contributed by atoms with Gasteiger partial charge in [0.05, 0.1) is 18.7 Å². The number of carbonyl (C=O) groups is 5. The lowest BCUT2D eigenvalue weighted by Crippen LogP contribution is -2.58. The first kappa shape index (κ1) is 29.8. The van der Waals surface area contributed by atoms with Crippen molar-refractivity contribution in [2.45, 2.75) is 64.8 Å². The number of halogens is 3. The van der Waals surface area contributed by atoms with E-state index in [2.05, 4.69) is 15.4 Å². The number of Topliss-reactive ketones (excluding diaryl/α,β-unsaturated/α-hetero) is 1. The SMILES string of the molecule is COC(=O)c1ccc(C(=O)N[C@H](C(=O)N2CCC[C@H]2C(=O)NC(C(=O)C(F)(F)F)C(C)C)C(C)C)cc1. The summed E-state index contributed by atoms with van der Waals surface area (Å²) in [6, 6.07) is 1.73. The molecule has 1 heterocycles. The lowest BCUT2D eigenvalue weighted by Gasteiger charge is -2.32. The predicted molar refractivity (Wildman–Crippen MR) is 126 cm³/mol. The molecule has 0 spiro atoms. The van der Waals surface area contributed by atoms with Gasteiger partial charge in [0.15, 0.2) is 0 Å². The van der Waals surface area contributed by atoms with Gasteiger partial charge in [-0.05, 0) is 48.9 Å². The third-order valence-corrected chi connectivity index (χ3v) is 6.15. The maximum atomic E-state index is 13.4. The molecule has 3 atom stereocenters. The number of likely N-dealkylation sites (tertiary alicyclic amines) is 1. The van der Waals surface area contributed by atoms with Gasteiger partial charge in [-0.15, -0.1) is 0 Å². The van der Waals surface area contributed by atoms with Crippen LogP contribution >= 0.6 is 0 Å². The van der Waals surface area contributed by atoms with Gasteiger partial charge in [-0.3, -0.25) is 19.2 Å². The van der Waals surface area contributed by atoms with Crippen molar-refractivity contribution in [2.24, 2.45) is 11.8 Å². The van der Waals surface area contributed by atoms with Gasteiger partial charge in [-0.2, -0.15) is 13.2 Å². The number of rotatable bonds is 9. The number of alkyl halides is 3. The highest BCUT2D eigenvalue weighted by Gasteiger charge is 2.46. The van der Waals surface area contributed by atoms with Gasteiger partial charge in [0.1, 0.15) is 12.1 Å². The normalized spacial score (nSPS) is 17.4. The molecule has 1 aliphatic heterocycles. The number of hydrogen-bond donors (Lipinski definition) is 2. The molecule has 37 heavy (non-hydrogen) atoms. The zero-order valence-electron chi connectivity index (χ0n) is 21.3. The highest BCUT2D eigenvalue weighted by atomic mass is 19.4. The Labute approximate surface area is 213 Å². The molecule has 2 N–H and O–H groups in total. The summed E-state index contributed by atoms with van der Waals surface area (Å²) >= 11 is 0. The number of amides is 3. The van der Waals surface area contributed by atoms with Crippen LogP contribution in [0.5, 0.6) is 0 Å². The van der Waals surface area contributed by atoms with Crippen LogP contribution in [0.15, 0.2) is 24.3 Å². The molecule has 1 aromatic rings. The molecule has 2 rings (SSSR count). The monoisotopic (exact) mass is 527 g/mol. The van der Waals surface area contributed by atoms with E-state index in [4.69, 9.17) is 0 Å². The number of hydrogen-bond acceptors (Lipinski definition) is 6. The van der Waals surface area contributed by atoms with Crippen LogP contribution in [-0.4, -0.2) is 72.3 Å². The number of methoxy groups -OCH3 is 1. The van der Waals surface area contributed by atoms with Crippen LogP contribution in [-0.2, 0) is 19.1 Å². The van der Waals surface area contributed by atoms with Crippen molar-refractivity contribution in [3.8, 4) is 0 Å². The zero-order valence-corrected chi connectivity index (χ0v) is 21.3. The molecular formula is C25H32F3N3O6. The fourth-order valence-corrected chi connectivity index (χ4v) is 4.06. The zero-order chi connectivity index (χ0) is 28.1. The Morgan fingerprint density at radius 2 is 1.46 bits per heavy atom. The van der Waals surface area contributed by atoms with Gasteiger partial charge >= 0.3 is 12.1 Å². The van der Waals surface area contributed by atoms with Crippen molar-refractivity contribution in [3.63, 3.8) is 0 Å². The number of esters is 1. The molecule has 12 heteroatoms. The first-order valence-electron chi connectivity index (χ1n) is 11.9. The second-order valence-corrected chi connectivity index (χ2v) is 9.55. The third kappa shape index (κ3) is 7.30. The van der Waals surface area contributed by atoms with Crippen molar-refractivity contribution in [3.05, 3.63) is 35.4 Å². The Morgan fingerprint density at radius 1 is 0.919 bits per heavy atom. The number of carbonyl (C=O) groups excluding carboxylic acids is 5. The summed E-state index contributed by atoms with van der Waals surface area (Å²) in [7, 11) is 1.23. The number of ether oxygens (including phenoxy) is 1. The molecule has 1 saturated heterocycles. The van der Waals surface area contributed by atoms with Crippen molar-refractivity contribution >= 4 is 29.5 Å². The molecule has 0 radical (unpaired) electrons. The first-order valence-corrected chi connectivity index (χ1v) is 11.9. The van der Waals surface area contributed by atoms with Crippen LogP contribution in [0.1, 0.15) is 61.3 Å². The van der Waals surface area contributed by atoms with E-state index >= 15 is 0 Å². The third-order valence-electron chi connectivity index (χ3n) is 6.15. The molecular weight excluding hydrogens is 495 g/mol. The summed E-state index contributed by atoms with van der Waals surface area (Å²) in [6.45, 7) is 6.34. The van der Waals surface area contributed by atoms with Crippen molar-refractivity contribution in [1.82, 2.24) is 15.5 Å². The molecule has 3 amide bonds. The van der Waals surface area contributed by atoms with Gasteiger partial charge in [0.2, 0.25) is 11.8 Å². The van der Waals surface area contributed by atoms with Gasteiger partial charge in [-0.25, -0.2) is 4.79 Å². The van der Waals surface area contributed by atoms with Crippen LogP contribution in [0.25, 0.3) is 0 Å². The number of benzene rings is 1. The lowest BCUT2D eigenvalue weighted by molar-refractivity contribution is -0.175. The largest absolute Gasteiger partial charge is 0.465 e. The van der Waals surface area contributed by atoms with Crippen LogP contribution in [0.2, 0.25) is 0 Å². The molecule has 0 aliphatic carbocycles. The smallest absolute Gasteiger partial charge is 0.452 e. The Balaban J connectivity index is 2.17. The van der Waals surface area contributed by atoms with E-state index in [0.29, 0.717) is 6.42 Å². The van der Waals surface area contributed by atoms with E-state index < -0.39 is 59.7 Å². The van der Waals surface area contributed by atoms with Gasteiger partial charge in [-0.1, -0.05) is 27.7 Å². The number of ketones is 1. The lowest BCUT2D eigenvalue weighted by atomic mass is 9.98. The van der Waals surface area contributed by atoms with Crippen LogP contribution < -0.4 is 10.6 Å². The highest BCUT2D eigenvalue weighted by Crippen LogP contribution is 2.24. The summed E-state index contributed by atoms with van der Waals surface area (Å²) in [5, 5.41) is 4.82. The van der Waals surface area contributed by atoms with Gasteiger partial charge < -0.3 is 20.3 Å². The molecule has 9 nitrogen and oxygen atoms in total. The molecule has 1 fully saturated rings. The van der Waals surface area contributed by atoms with Crippen molar-refractivity contribution in [2.75, 3.05) is 13.7 Å². The van der Waals surface area contributed by atoms with E-state index in [1.807, 2.05) is 0 Å². The van der Waals surface area contributed by atoms with E-state index in [-0.39, 0.29) is 30.0 Å². The van der Waals surface area contributed by atoms with Crippen LogP contribution in [0, 0.1) is 11.8 Å². The second-order valence-electron chi connectivity index (χ2n) is 9.55. The molecule has 1 aromatic carbocycles. The molecule has 1 unspecified atom stereocenters. The van der Waals surface area contributed by atoms with Crippen molar-refractivity contribution < 1.29 is 41.9 Å². The van der Waals surface area contributed by atoms with Gasteiger partial charge in [0, 0.05) is 12.1 Å². The van der Waals surface area contributed by atoms with Gasteiger partial charge in [0.25, 0.3) is 11.7 Å². The Morgan fingerprint density at radius 3 is 1.95 bits per heavy atom. The maximum Gasteiger partial charge on any atom is 0.452 e. The molecule has 0 bridgehead atoms. The minimum absolute atomic E-state index is 0.170. The molecule has 0 aromatic heterocycles. The van der Waals surface area contributed by atoms with E-state index in [1.165, 1.54) is 50.1 Å². The number of nitrogens with one attached hydrogen (secondary N) is 2. The Kier molecular flexibility index (Phi) is 9.82. The van der Waals surface area contributed by atoms with Crippen LogP contribution in [0.3, 0.4) is 0 Å². The quantitative estimate of drug-likeness (QED) is 0.476. The minimum atomic E-state index is -5.12. The topological polar surface area (TPSA) is 122 Å². The van der Waals surface area contributed by atoms with E-state index in [1.54, 1.807) is 13.8 Å². The highest BCUT2D eigenvalue weighted by molar-refractivity contribution is 6.00. The van der Waals surface area contributed by atoms with E-state index in [9.17, 15) is 37.1 Å². The second kappa shape index (κ2) is 12.2. The summed E-state index contributed by atoms with van der Waals surface area (Å²) in [4.78, 5) is 63.7. The predicted octanol–water partition coefficient (Wildman–Crippen LogP) is 2.49. The molecule has 204 valence electrons. The average Bonchev–Trinajstić information content (AvgIpc) is 3.33. The number of nitrogens with zero attached hydrogens (tertiary/aromatic N) is 1. The minimum Gasteiger partial charge on any atom is -0.465 e. The maximum absolute atomic E-state index is 13.4. The average molecular weight is 528 g/mol. The van der Waals surface area contributed by atoms with Crippen molar-refractivity contribution in [1.29, 1.82) is 0 Å². The fourth-order valence-electron chi connectivity index (χ4n) is 4.06. The summed E-state index contributed by atoms with van der Waals surface area (Å²) in [6.07, 6.45) is -4.48. The molecule has 1 aliphatic rings. The molecule has 0 saturated carbocycles. The first-order chi connectivity index (χ1) is 17.2. The fraction of sp³-hybridized carbons (Fsp3) is 0.560. The Hall–Kier alpha value is -3.44.